The Kier molecular flexibility index (Phi) is 8.50. The zero-order valence-electron chi connectivity index (χ0n) is 21.3. The van der Waals surface area contributed by atoms with Crippen LogP contribution < -0.4 is 0 Å². The molecule has 188 valence electrons. The fourth-order valence-electron chi connectivity index (χ4n) is 5.12. The topological polar surface area (TPSA) is 90.1 Å². The van der Waals surface area contributed by atoms with Crippen molar-refractivity contribution in [1.29, 1.82) is 5.26 Å². The van der Waals surface area contributed by atoms with E-state index in [0.717, 1.165) is 72.7 Å². The molecule has 1 atom stereocenters. The van der Waals surface area contributed by atoms with Crippen LogP contribution >= 0.6 is 11.5 Å². The largest absolute Gasteiger partial charge is 0.481 e. The molecule has 1 saturated heterocycles. The van der Waals surface area contributed by atoms with Crippen LogP contribution in [0.5, 0.6) is 0 Å². The van der Waals surface area contributed by atoms with Gasteiger partial charge < -0.3 is 10.0 Å². The summed E-state index contributed by atoms with van der Waals surface area (Å²) in [5.41, 5.74) is 6.28. The van der Waals surface area contributed by atoms with Crippen molar-refractivity contribution in [3.63, 3.8) is 0 Å². The van der Waals surface area contributed by atoms with E-state index in [2.05, 4.69) is 49.9 Å². The molecule has 6 nitrogen and oxygen atoms in total. The number of aromatic nitrogens is 2. The third kappa shape index (κ3) is 6.00. The van der Waals surface area contributed by atoms with Crippen molar-refractivity contribution in [3.8, 4) is 28.0 Å². The van der Waals surface area contributed by atoms with Gasteiger partial charge in [0.15, 0.2) is 5.82 Å². The zero-order valence-corrected chi connectivity index (χ0v) is 22.1. The summed E-state index contributed by atoms with van der Waals surface area (Å²) >= 11 is 1.37. The quantitative estimate of drug-likeness (QED) is 0.395. The highest BCUT2D eigenvalue weighted by atomic mass is 32.1. The van der Waals surface area contributed by atoms with Gasteiger partial charge in [0.25, 0.3) is 0 Å². The lowest BCUT2D eigenvalue weighted by atomic mass is 9.94. The predicted octanol–water partition coefficient (Wildman–Crippen LogP) is 5.84. The fourth-order valence-corrected chi connectivity index (χ4v) is 5.79. The smallest absolute Gasteiger partial charge is 0.307 e. The summed E-state index contributed by atoms with van der Waals surface area (Å²) in [6, 6.07) is 14.7. The van der Waals surface area contributed by atoms with Crippen LogP contribution in [0.2, 0.25) is 0 Å². The predicted molar refractivity (Wildman–Crippen MR) is 144 cm³/mol. The molecule has 1 N–H and O–H groups in total. The number of hydrogen-bond donors (Lipinski definition) is 1. The molecule has 0 bridgehead atoms. The van der Waals surface area contributed by atoms with Gasteiger partial charge in [0, 0.05) is 24.2 Å². The summed E-state index contributed by atoms with van der Waals surface area (Å²) < 4.78 is 4.69. The Morgan fingerprint density at radius 2 is 2.11 bits per heavy atom. The Morgan fingerprint density at radius 1 is 1.28 bits per heavy atom. The number of carbonyl (C=O) groups is 1. The normalized spacial score (nSPS) is 16.2. The minimum atomic E-state index is -0.683. The summed E-state index contributed by atoms with van der Waals surface area (Å²) in [5, 5.41) is 19.9. The van der Waals surface area contributed by atoms with Gasteiger partial charge in [-0.05, 0) is 78.9 Å². The summed E-state index contributed by atoms with van der Waals surface area (Å²) in [6.45, 7) is 8.92. The van der Waals surface area contributed by atoms with E-state index in [4.69, 9.17) is 9.36 Å². The third-order valence-corrected chi connectivity index (χ3v) is 7.72. The number of hydrogen-bond acceptors (Lipinski definition) is 6. The average molecular weight is 503 g/mol. The van der Waals surface area contributed by atoms with Crippen LogP contribution in [-0.4, -0.2) is 45.0 Å². The molecule has 0 radical (unpaired) electrons. The number of rotatable bonds is 9. The molecular weight excluding hydrogens is 468 g/mol. The highest BCUT2D eigenvalue weighted by Gasteiger charge is 2.25. The number of aliphatic carboxylic acids is 1. The maximum Gasteiger partial charge on any atom is 0.307 e. The molecule has 0 saturated carbocycles. The van der Waals surface area contributed by atoms with E-state index >= 15 is 0 Å². The number of carboxylic acids is 1. The van der Waals surface area contributed by atoms with Crippen LogP contribution in [0.25, 0.3) is 22.0 Å². The number of piperidine rings is 1. The molecule has 3 aromatic rings. The molecule has 7 heteroatoms. The second-order valence-electron chi connectivity index (χ2n) is 10.0. The van der Waals surface area contributed by atoms with E-state index in [0.29, 0.717) is 18.0 Å². The number of nitrogens with zero attached hydrogens (tertiary/aromatic N) is 4. The monoisotopic (exact) mass is 502 g/mol. The van der Waals surface area contributed by atoms with E-state index < -0.39 is 5.97 Å². The Labute approximate surface area is 217 Å². The first-order valence-electron chi connectivity index (χ1n) is 12.8. The van der Waals surface area contributed by atoms with E-state index in [9.17, 15) is 15.2 Å². The standard InChI is InChI=1S/C29H34N4O2S/c1-4-25-20(12-14-33-13-6-8-23(18-33)29(34)35)7-5-9-26(25)27-31-28(36-32-27)22-11-10-21(15-19(2)3)24(16-22)17-30/h5,7,9-11,16,19,23H,4,6,8,12-15,18H2,1-3H3,(H,34,35)/t23-/m0/s1. The second-order valence-corrected chi connectivity index (χ2v) is 10.8. The summed E-state index contributed by atoms with van der Waals surface area (Å²) in [5.74, 6) is 0.277. The molecule has 0 aliphatic carbocycles. The van der Waals surface area contributed by atoms with Crippen molar-refractivity contribution in [2.45, 2.75) is 52.9 Å². The van der Waals surface area contributed by atoms with Crippen molar-refractivity contribution in [2.24, 2.45) is 11.8 Å². The fraction of sp³-hybridized carbons (Fsp3) is 0.448. The maximum absolute atomic E-state index is 11.4. The van der Waals surface area contributed by atoms with Gasteiger partial charge in [-0.3, -0.25) is 4.79 Å². The number of nitriles is 1. The van der Waals surface area contributed by atoms with Crippen LogP contribution in [-0.2, 0) is 24.1 Å². The average Bonchev–Trinajstić information content (AvgIpc) is 3.37. The van der Waals surface area contributed by atoms with E-state index in [1.807, 2.05) is 18.2 Å². The number of carboxylic acid groups (broad SMARTS) is 1. The lowest BCUT2D eigenvalue weighted by Gasteiger charge is -2.30. The molecular formula is C29H34N4O2S. The van der Waals surface area contributed by atoms with Gasteiger partial charge in [-0.15, -0.1) is 0 Å². The van der Waals surface area contributed by atoms with Crippen LogP contribution in [0.15, 0.2) is 36.4 Å². The zero-order chi connectivity index (χ0) is 25.7. The van der Waals surface area contributed by atoms with Gasteiger partial charge in [0.2, 0.25) is 0 Å². The summed E-state index contributed by atoms with van der Waals surface area (Å²) in [4.78, 5) is 18.6. The SMILES string of the molecule is CCc1c(CCN2CCC[C@H](C(=O)O)C2)cccc1-c1nsc(-c2ccc(CC(C)C)c(C#N)c2)n1. The molecule has 0 unspecified atom stereocenters. The van der Waals surface area contributed by atoms with Gasteiger partial charge in [0.1, 0.15) is 5.01 Å². The first-order valence-corrected chi connectivity index (χ1v) is 13.6. The van der Waals surface area contributed by atoms with Crippen LogP contribution in [0, 0.1) is 23.2 Å². The Hall–Kier alpha value is -3.08. The first-order chi connectivity index (χ1) is 17.4. The molecule has 1 aliphatic rings. The minimum absolute atomic E-state index is 0.255. The van der Waals surface area contributed by atoms with Crippen LogP contribution in [0.3, 0.4) is 0 Å². The Bertz CT molecular complexity index is 1260. The van der Waals surface area contributed by atoms with Gasteiger partial charge in [-0.25, -0.2) is 4.98 Å². The molecule has 36 heavy (non-hydrogen) atoms. The van der Waals surface area contributed by atoms with Crippen LogP contribution in [0.1, 0.15) is 55.9 Å². The van der Waals surface area contributed by atoms with Gasteiger partial charge in [-0.2, -0.15) is 9.64 Å². The lowest BCUT2D eigenvalue weighted by Crippen LogP contribution is -2.39. The first kappa shape index (κ1) is 26.0. The molecule has 0 spiro atoms. The number of benzene rings is 2. The van der Waals surface area contributed by atoms with Crippen molar-refractivity contribution in [2.75, 3.05) is 19.6 Å². The molecule has 4 rings (SSSR count). The molecule has 1 aliphatic heterocycles. The highest BCUT2D eigenvalue weighted by Crippen LogP contribution is 2.31. The van der Waals surface area contributed by atoms with Crippen LogP contribution in [0.4, 0.5) is 0 Å². The maximum atomic E-state index is 11.4. The van der Waals surface area contributed by atoms with Crippen molar-refractivity contribution in [3.05, 3.63) is 58.7 Å². The highest BCUT2D eigenvalue weighted by molar-refractivity contribution is 7.09. The third-order valence-electron chi connectivity index (χ3n) is 6.95. The van der Waals surface area contributed by atoms with Crippen molar-refractivity contribution in [1.82, 2.24) is 14.3 Å². The summed E-state index contributed by atoms with van der Waals surface area (Å²) in [6.07, 6.45) is 4.35. The Balaban J connectivity index is 1.54. The van der Waals surface area contributed by atoms with Crippen molar-refractivity contribution < 1.29 is 9.90 Å². The number of likely N-dealkylation sites (tertiary alicyclic amines) is 1. The molecule has 2 heterocycles. The molecule has 1 fully saturated rings. The van der Waals surface area contributed by atoms with Gasteiger partial charge in [-0.1, -0.05) is 51.1 Å². The molecule has 2 aromatic carbocycles. The van der Waals surface area contributed by atoms with Gasteiger partial charge >= 0.3 is 5.97 Å². The van der Waals surface area contributed by atoms with E-state index in [1.54, 1.807) is 0 Å². The van der Waals surface area contributed by atoms with E-state index in [-0.39, 0.29) is 5.92 Å². The minimum Gasteiger partial charge on any atom is -0.481 e. The lowest BCUT2D eigenvalue weighted by molar-refractivity contribution is -0.143. The van der Waals surface area contributed by atoms with Gasteiger partial charge in [0.05, 0.1) is 17.6 Å². The second kappa shape index (κ2) is 11.8. The van der Waals surface area contributed by atoms with E-state index in [1.165, 1.54) is 22.7 Å². The van der Waals surface area contributed by atoms with Crippen molar-refractivity contribution >= 4 is 17.5 Å². The summed E-state index contributed by atoms with van der Waals surface area (Å²) in [7, 11) is 0. The Morgan fingerprint density at radius 3 is 2.83 bits per heavy atom. The molecule has 1 aromatic heterocycles. The molecule has 0 amide bonds.